The van der Waals surface area contributed by atoms with Gasteiger partial charge in [-0.3, -0.25) is 4.68 Å². The fraction of sp³-hybridized carbons (Fsp3) is 0.357. The van der Waals surface area contributed by atoms with Crippen molar-refractivity contribution in [1.82, 2.24) is 9.78 Å². The van der Waals surface area contributed by atoms with Crippen LogP contribution in [-0.4, -0.2) is 9.78 Å². The lowest BCUT2D eigenvalue weighted by atomic mass is 9.86. The summed E-state index contributed by atoms with van der Waals surface area (Å²) in [7, 11) is 1.90. The summed E-state index contributed by atoms with van der Waals surface area (Å²) >= 11 is 0. The molecule has 0 saturated carbocycles. The van der Waals surface area contributed by atoms with Gasteiger partial charge in [0.15, 0.2) is 0 Å². The number of nitrogens with two attached hydrogens (primary N) is 1. The van der Waals surface area contributed by atoms with Gasteiger partial charge in [0.1, 0.15) is 0 Å². The zero-order valence-corrected chi connectivity index (χ0v) is 10.9. The van der Waals surface area contributed by atoms with Crippen molar-refractivity contribution in [2.24, 2.45) is 12.8 Å². The molecule has 0 aliphatic rings. The van der Waals surface area contributed by atoms with Gasteiger partial charge in [0, 0.05) is 18.8 Å². The number of benzene rings is 1. The van der Waals surface area contributed by atoms with Crippen molar-refractivity contribution in [3.8, 4) is 0 Å². The summed E-state index contributed by atoms with van der Waals surface area (Å²) in [5.41, 5.74) is 10.6. The van der Waals surface area contributed by atoms with Crippen LogP contribution in [0.25, 0.3) is 0 Å². The van der Waals surface area contributed by atoms with Gasteiger partial charge in [0.05, 0.1) is 11.7 Å². The molecule has 0 radical (unpaired) electrons. The van der Waals surface area contributed by atoms with E-state index < -0.39 is 5.54 Å². The molecule has 1 heterocycles. The minimum Gasteiger partial charge on any atom is -0.318 e. The van der Waals surface area contributed by atoms with Gasteiger partial charge in [-0.15, -0.1) is 0 Å². The third-order valence-corrected chi connectivity index (χ3v) is 3.41. The predicted octanol–water partition coefficient (Wildman–Crippen LogP) is 2.26. The van der Waals surface area contributed by atoms with E-state index in [4.69, 9.17) is 5.73 Å². The van der Waals surface area contributed by atoms with Crippen molar-refractivity contribution in [2.75, 3.05) is 0 Å². The molecule has 2 aromatic rings. The molecular formula is C14H19N3. The molecule has 90 valence electrons. The average Bonchev–Trinajstić information content (AvgIpc) is 2.69. The minimum atomic E-state index is -0.493. The molecular weight excluding hydrogens is 210 g/mol. The van der Waals surface area contributed by atoms with E-state index in [2.05, 4.69) is 37.1 Å². The first kappa shape index (κ1) is 11.9. The van der Waals surface area contributed by atoms with Gasteiger partial charge in [0.25, 0.3) is 0 Å². The fourth-order valence-corrected chi connectivity index (χ4v) is 1.92. The maximum Gasteiger partial charge on any atom is 0.0668 e. The molecule has 1 atom stereocenters. The molecule has 0 fully saturated rings. The summed E-state index contributed by atoms with van der Waals surface area (Å²) in [5, 5.41) is 4.19. The van der Waals surface area contributed by atoms with Crippen LogP contribution < -0.4 is 5.73 Å². The number of aryl methyl sites for hydroxylation is 3. The highest BCUT2D eigenvalue weighted by atomic mass is 15.2. The standard InChI is InChI=1S/C14H19N3/c1-10-5-6-12(7-11(10)2)14(3,15)13-8-16-17(4)9-13/h5-9H,15H2,1-4H3. The number of nitrogens with zero attached hydrogens (tertiary/aromatic N) is 2. The second kappa shape index (κ2) is 4.00. The van der Waals surface area contributed by atoms with E-state index in [9.17, 15) is 0 Å². The quantitative estimate of drug-likeness (QED) is 0.858. The molecule has 3 heteroatoms. The van der Waals surface area contributed by atoms with Crippen molar-refractivity contribution in [2.45, 2.75) is 26.3 Å². The first-order valence-corrected chi connectivity index (χ1v) is 5.77. The van der Waals surface area contributed by atoms with E-state index in [1.54, 1.807) is 4.68 Å². The molecule has 2 N–H and O–H groups in total. The Balaban J connectivity index is 2.47. The highest BCUT2D eigenvalue weighted by Gasteiger charge is 2.25. The molecule has 1 aromatic heterocycles. The lowest BCUT2D eigenvalue weighted by Gasteiger charge is -2.24. The Bertz CT molecular complexity index is 538. The van der Waals surface area contributed by atoms with E-state index in [0.29, 0.717) is 0 Å². The van der Waals surface area contributed by atoms with Gasteiger partial charge < -0.3 is 5.73 Å². The van der Waals surface area contributed by atoms with Crippen molar-refractivity contribution in [3.05, 3.63) is 52.8 Å². The molecule has 0 saturated heterocycles. The molecule has 0 spiro atoms. The summed E-state index contributed by atoms with van der Waals surface area (Å²) in [6, 6.07) is 6.36. The maximum atomic E-state index is 6.44. The highest BCUT2D eigenvalue weighted by Crippen LogP contribution is 2.27. The van der Waals surface area contributed by atoms with Gasteiger partial charge in [0.2, 0.25) is 0 Å². The van der Waals surface area contributed by atoms with Gasteiger partial charge in [-0.2, -0.15) is 5.10 Å². The van der Waals surface area contributed by atoms with E-state index >= 15 is 0 Å². The number of rotatable bonds is 2. The fourth-order valence-electron chi connectivity index (χ4n) is 1.92. The molecule has 2 rings (SSSR count). The van der Waals surface area contributed by atoms with E-state index in [-0.39, 0.29) is 0 Å². The Morgan fingerprint density at radius 2 is 1.88 bits per heavy atom. The normalized spacial score (nSPS) is 14.6. The molecule has 0 aliphatic heterocycles. The van der Waals surface area contributed by atoms with E-state index in [1.807, 2.05) is 26.4 Å². The number of hydrogen-bond acceptors (Lipinski definition) is 2. The van der Waals surface area contributed by atoms with Crippen LogP contribution >= 0.6 is 0 Å². The second-order valence-electron chi connectivity index (χ2n) is 4.90. The van der Waals surface area contributed by atoms with E-state index in [1.165, 1.54) is 11.1 Å². The summed E-state index contributed by atoms with van der Waals surface area (Å²) in [6.45, 7) is 6.24. The smallest absolute Gasteiger partial charge is 0.0668 e. The van der Waals surface area contributed by atoms with Crippen molar-refractivity contribution >= 4 is 0 Å². The molecule has 0 aliphatic carbocycles. The lowest BCUT2D eigenvalue weighted by molar-refractivity contribution is 0.601. The van der Waals surface area contributed by atoms with E-state index in [0.717, 1.165) is 11.1 Å². The van der Waals surface area contributed by atoms with Crippen LogP contribution in [0.4, 0.5) is 0 Å². The van der Waals surface area contributed by atoms with Crippen LogP contribution in [0.5, 0.6) is 0 Å². The monoisotopic (exact) mass is 229 g/mol. The Kier molecular flexibility index (Phi) is 2.79. The van der Waals surface area contributed by atoms with Crippen LogP contribution in [0.3, 0.4) is 0 Å². The minimum absolute atomic E-state index is 0.493. The SMILES string of the molecule is Cc1ccc(C(C)(N)c2cnn(C)c2)cc1C. The van der Waals surface area contributed by atoms with Crippen LogP contribution in [0.15, 0.2) is 30.6 Å². The zero-order chi connectivity index (χ0) is 12.6. The molecule has 1 unspecified atom stereocenters. The van der Waals surface area contributed by atoms with Gasteiger partial charge in [-0.25, -0.2) is 0 Å². The van der Waals surface area contributed by atoms with Crippen molar-refractivity contribution < 1.29 is 0 Å². The van der Waals surface area contributed by atoms with Crippen LogP contribution in [0.2, 0.25) is 0 Å². The average molecular weight is 229 g/mol. The van der Waals surface area contributed by atoms with Gasteiger partial charge >= 0.3 is 0 Å². The molecule has 0 amide bonds. The Hall–Kier alpha value is -1.61. The number of hydrogen-bond donors (Lipinski definition) is 1. The topological polar surface area (TPSA) is 43.8 Å². The zero-order valence-electron chi connectivity index (χ0n) is 10.9. The third kappa shape index (κ3) is 2.11. The first-order valence-electron chi connectivity index (χ1n) is 5.77. The Morgan fingerprint density at radius 3 is 2.41 bits per heavy atom. The third-order valence-electron chi connectivity index (χ3n) is 3.41. The molecule has 0 bridgehead atoms. The summed E-state index contributed by atoms with van der Waals surface area (Å²) < 4.78 is 1.78. The molecule has 1 aromatic carbocycles. The largest absolute Gasteiger partial charge is 0.318 e. The van der Waals surface area contributed by atoms with Crippen LogP contribution in [-0.2, 0) is 12.6 Å². The maximum absolute atomic E-state index is 6.44. The van der Waals surface area contributed by atoms with Crippen LogP contribution in [0, 0.1) is 13.8 Å². The summed E-state index contributed by atoms with van der Waals surface area (Å²) in [5.74, 6) is 0. The van der Waals surface area contributed by atoms with Gasteiger partial charge in [-0.1, -0.05) is 18.2 Å². The number of aromatic nitrogens is 2. The predicted molar refractivity (Wildman–Crippen MR) is 69.8 cm³/mol. The molecule has 3 nitrogen and oxygen atoms in total. The Morgan fingerprint density at radius 1 is 1.18 bits per heavy atom. The Labute approximate surface area is 102 Å². The summed E-state index contributed by atoms with van der Waals surface area (Å²) in [4.78, 5) is 0. The molecule has 17 heavy (non-hydrogen) atoms. The van der Waals surface area contributed by atoms with Crippen molar-refractivity contribution in [1.29, 1.82) is 0 Å². The highest BCUT2D eigenvalue weighted by molar-refractivity contribution is 5.39. The first-order chi connectivity index (χ1) is 7.91. The van der Waals surface area contributed by atoms with Gasteiger partial charge in [-0.05, 0) is 37.5 Å². The summed E-state index contributed by atoms with van der Waals surface area (Å²) in [6.07, 6.45) is 3.80. The van der Waals surface area contributed by atoms with Crippen LogP contribution in [0.1, 0.15) is 29.2 Å². The second-order valence-corrected chi connectivity index (χ2v) is 4.90. The van der Waals surface area contributed by atoms with Crippen molar-refractivity contribution in [3.63, 3.8) is 0 Å². The lowest BCUT2D eigenvalue weighted by Crippen LogP contribution is -2.34.